The molecule has 0 aliphatic heterocycles. The van der Waals surface area contributed by atoms with Gasteiger partial charge < -0.3 is 12.4 Å². The molecule has 0 radical (unpaired) electrons. The monoisotopic (exact) mass is 289 g/mol. The molecule has 2 heteroatoms. The van der Waals surface area contributed by atoms with Crippen molar-refractivity contribution in [1.29, 1.82) is 0 Å². The van der Waals surface area contributed by atoms with Crippen molar-refractivity contribution in [1.82, 2.24) is 0 Å². The first kappa shape index (κ1) is 16.7. The maximum absolute atomic E-state index is 2.28. The van der Waals surface area contributed by atoms with E-state index in [1.54, 1.807) is 0 Å². The lowest BCUT2D eigenvalue weighted by Crippen LogP contribution is -3.00. The van der Waals surface area contributed by atoms with Gasteiger partial charge in [0.15, 0.2) is 12.4 Å². The van der Waals surface area contributed by atoms with Gasteiger partial charge in [-0.25, -0.2) is 4.57 Å². The van der Waals surface area contributed by atoms with Crippen LogP contribution < -0.4 is 17.0 Å². The molecule has 108 valence electrons. The first-order valence-electron chi connectivity index (χ1n) is 7.40. The summed E-state index contributed by atoms with van der Waals surface area (Å²) in [4.78, 5) is 0. The van der Waals surface area contributed by atoms with Crippen LogP contribution in [0.1, 0.15) is 37.3 Å². The van der Waals surface area contributed by atoms with E-state index in [9.17, 15) is 0 Å². The van der Waals surface area contributed by atoms with E-state index in [4.69, 9.17) is 0 Å². The minimum absolute atomic E-state index is 0. The van der Waals surface area contributed by atoms with Crippen LogP contribution >= 0.6 is 0 Å². The molecule has 1 aromatic carbocycles. The molecule has 1 heterocycles. The van der Waals surface area contributed by atoms with Gasteiger partial charge in [-0.05, 0) is 30.4 Å². The molecule has 20 heavy (non-hydrogen) atoms. The van der Waals surface area contributed by atoms with Crippen LogP contribution in [-0.2, 0) is 19.4 Å². The summed E-state index contributed by atoms with van der Waals surface area (Å²) in [5, 5.41) is 0. The molecule has 2 rings (SSSR count). The molecule has 0 unspecified atom stereocenters. The number of aromatic nitrogens is 1. The van der Waals surface area contributed by atoms with Crippen LogP contribution in [0.2, 0.25) is 0 Å². The summed E-state index contributed by atoms with van der Waals surface area (Å²) in [7, 11) is 0. The third-order valence-corrected chi connectivity index (χ3v) is 3.50. The molecule has 0 N–H and O–H groups in total. The van der Waals surface area contributed by atoms with Gasteiger partial charge in [-0.1, -0.05) is 43.7 Å². The Balaban J connectivity index is 0.00000200. The summed E-state index contributed by atoms with van der Waals surface area (Å²) >= 11 is 0. The van der Waals surface area contributed by atoms with Crippen molar-refractivity contribution in [2.75, 3.05) is 0 Å². The summed E-state index contributed by atoms with van der Waals surface area (Å²) in [6.45, 7) is 3.37. The highest BCUT2D eigenvalue weighted by Gasteiger charge is 2.00. The summed E-state index contributed by atoms with van der Waals surface area (Å²) in [5.74, 6) is 0. The topological polar surface area (TPSA) is 3.88 Å². The van der Waals surface area contributed by atoms with Gasteiger partial charge in [0.1, 0.15) is 6.54 Å². The van der Waals surface area contributed by atoms with Gasteiger partial charge in [0.05, 0.1) is 0 Å². The molecule has 0 aliphatic rings. The molecule has 0 saturated heterocycles. The van der Waals surface area contributed by atoms with Crippen LogP contribution in [-0.4, -0.2) is 0 Å². The highest BCUT2D eigenvalue weighted by molar-refractivity contribution is 5.15. The highest BCUT2D eigenvalue weighted by Crippen LogP contribution is 2.07. The van der Waals surface area contributed by atoms with E-state index >= 15 is 0 Å². The molecular formula is C18H24ClN. The van der Waals surface area contributed by atoms with Crippen LogP contribution in [0.25, 0.3) is 0 Å². The Bertz CT molecular complexity index is 465. The minimum atomic E-state index is 0. The smallest absolute Gasteiger partial charge is 0.169 e. The van der Waals surface area contributed by atoms with Crippen LogP contribution in [0.3, 0.4) is 0 Å². The van der Waals surface area contributed by atoms with Gasteiger partial charge in [0, 0.05) is 18.6 Å². The molecule has 0 fully saturated rings. The average molecular weight is 290 g/mol. The van der Waals surface area contributed by atoms with Crippen molar-refractivity contribution in [2.24, 2.45) is 0 Å². The normalized spacial score (nSPS) is 10.1. The van der Waals surface area contributed by atoms with E-state index < -0.39 is 0 Å². The maximum atomic E-state index is 2.28. The zero-order chi connectivity index (χ0) is 13.3. The fourth-order valence-corrected chi connectivity index (χ4v) is 2.29. The minimum Gasteiger partial charge on any atom is -1.00 e. The fraction of sp³-hybridized carbons (Fsp3) is 0.389. The molecule has 2 aromatic rings. The van der Waals surface area contributed by atoms with Gasteiger partial charge in [-0.2, -0.15) is 0 Å². The third-order valence-electron chi connectivity index (χ3n) is 3.50. The van der Waals surface area contributed by atoms with E-state index in [1.807, 2.05) is 0 Å². The van der Waals surface area contributed by atoms with Crippen LogP contribution in [0, 0.1) is 0 Å². The van der Waals surface area contributed by atoms with Crippen LogP contribution in [0.4, 0.5) is 0 Å². The number of unbranched alkanes of at least 4 members (excludes halogenated alkanes) is 1. The highest BCUT2D eigenvalue weighted by atomic mass is 35.5. The summed E-state index contributed by atoms with van der Waals surface area (Å²) < 4.78 is 2.28. The van der Waals surface area contributed by atoms with Crippen molar-refractivity contribution in [3.8, 4) is 0 Å². The Morgan fingerprint density at radius 2 is 1.40 bits per heavy atom. The average Bonchev–Trinajstić information content (AvgIpc) is 2.47. The molecule has 0 aliphatic carbocycles. The SMILES string of the molecule is CCCC[n+]1ccc(CCCc2ccccc2)cc1.[Cl-]. The first-order valence-corrected chi connectivity index (χ1v) is 7.40. The largest absolute Gasteiger partial charge is 1.00 e. The molecule has 0 bridgehead atoms. The van der Waals surface area contributed by atoms with Crippen molar-refractivity contribution in [3.63, 3.8) is 0 Å². The maximum Gasteiger partial charge on any atom is 0.169 e. The quantitative estimate of drug-likeness (QED) is 0.669. The Hall–Kier alpha value is -1.34. The third kappa shape index (κ3) is 5.75. The zero-order valence-electron chi connectivity index (χ0n) is 12.3. The van der Waals surface area contributed by atoms with Gasteiger partial charge in [0.25, 0.3) is 0 Å². The Morgan fingerprint density at radius 3 is 2.00 bits per heavy atom. The Morgan fingerprint density at radius 1 is 0.800 bits per heavy atom. The summed E-state index contributed by atoms with van der Waals surface area (Å²) in [5.41, 5.74) is 2.89. The molecule has 0 atom stereocenters. The number of hydrogen-bond acceptors (Lipinski definition) is 0. The number of halogens is 1. The van der Waals surface area contributed by atoms with E-state index in [1.165, 1.54) is 43.2 Å². The van der Waals surface area contributed by atoms with E-state index in [-0.39, 0.29) is 12.4 Å². The number of aryl methyl sites for hydroxylation is 3. The number of hydrogen-bond donors (Lipinski definition) is 0. The zero-order valence-corrected chi connectivity index (χ0v) is 13.0. The summed E-state index contributed by atoms with van der Waals surface area (Å²) in [6.07, 6.45) is 10.5. The number of rotatable bonds is 7. The fourth-order valence-electron chi connectivity index (χ4n) is 2.29. The van der Waals surface area contributed by atoms with E-state index in [2.05, 4.69) is 66.3 Å². The lowest BCUT2D eigenvalue weighted by molar-refractivity contribution is -0.697. The van der Waals surface area contributed by atoms with Crippen molar-refractivity contribution < 1.29 is 17.0 Å². The second-order valence-corrected chi connectivity index (χ2v) is 5.14. The summed E-state index contributed by atoms with van der Waals surface area (Å²) in [6, 6.07) is 15.3. The molecule has 0 saturated carbocycles. The predicted molar refractivity (Wildman–Crippen MR) is 80.0 cm³/mol. The van der Waals surface area contributed by atoms with Gasteiger partial charge >= 0.3 is 0 Å². The second-order valence-electron chi connectivity index (χ2n) is 5.14. The van der Waals surface area contributed by atoms with Gasteiger partial charge in [-0.3, -0.25) is 0 Å². The number of benzene rings is 1. The molecule has 1 nitrogen and oxygen atoms in total. The molecule has 0 amide bonds. The van der Waals surface area contributed by atoms with Crippen LogP contribution in [0.15, 0.2) is 54.9 Å². The number of pyridine rings is 1. The van der Waals surface area contributed by atoms with Crippen molar-refractivity contribution in [2.45, 2.75) is 45.6 Å². The van der Waals surface area contributed by atoms with E-state index in [0.717, 1.165) is 6.54 Å². The molecular weight excluding hydrogens is 266 g/mol. The Kier molecular flexibility index (Phi) is 7.98. The van der Waals surface area contributed by atoms with Gasteiger partial charge in [0.2, 0.25) is 0 Å². The van der Waals surface area contributed by atoms with Crippen LogP contribution in [0.5, 0.6) is 0 Å². The lowest BCUT2D eigenvalue weighted by atomic mass is 10.1. The van der Waals surface area contributed by atoms with E-state index in [0.29, 0.717) is 0 Å². The van der Waals surface area contributed by atoms with Crippen molar-refractivity contribution >= 4 is 0 Å². The lowest BCUT2D eigenvalue weighted by Gasteiger charge is -2.02. The van der Waals surface area contributed by atoms with Crippen molar-refractivity contribution in [3.05, 3.63) is 66.0 Å². The first-order chi connectivity index (χ1) is 9.38. The second kappa shape index (κ2) is 9.55. The standard InChI is InChI=1S/C18H24N.ClH/c1-2-3-14-19-15-12-18(13-16-19)11-7-10-17-8-5-4-6-9-17;/h4-6,8-9,12-13,15-16H,2-3,7,10-11,14H2,1H3;1H/q+1;/p-1. The number of nitrogens with zero attached hydrogens (tertiary/aromatic N) is 1. The molecule has 1 aromatic heterocycles. The van der Waals surface area contributed by atoms with Gasteiger partial charge in [-0.15, -0.1) is 0 Å². The molecule has 0 spiro atoms. The predicted octanol–water partition coefficient (Wildman–Crippen LogP) is 0.954. The Labute approximate surface area is 129 Å².